The molecular formula is C10H15NO3S2. The van der Waals surface area contributed by atoms with Gasteiger partial charge in [0.1, 0.15) is 0 Å². The second kappa shape index (κ2) is 6.88. The Labute approximate surface area is 103 Å². The molecule has 1 aromatic rings. The maximum Gasteiger partial charge on any atom is 0.367 e. The van der Waals surface area contributed by atoms with Crippen molar-refractivity contribution in [2.45, 2.75) is 24.9 Å². The van der Waals surface area contributed by atoms with E-state index in [1.807, 2.05) is 12.3 Å². The van der Waals surface area contributed by atoms with Crippen LogP contribution in [-0.2, 0) is 10.5 Å². The van der Waals surface area contributed by atoms with E-state index in [9.17, 15) is 4.79 Å². The first-order valence-electron chi connectivity index (χ1n) is 5.01. The van der Waals surface area contributed by atoms with Gasteiger partial charge in [0.05, 0.1) is 18.9 Å². The van der Waals surface area contributed by atoms with E-state index in [0.717, 1.165) is 5.69 Å². The number of hydrogen-bond acceptors (Lipinski definition) is 6. The molecule has 1 aromatic heterocycles. The topological polar surface area (TPSA) is 59.4 Å². The van der Waals surface area contributed by atoms with Gasteiger partial charge in [-0.1, -0.05) is 6.92 Å². The largest absolute Gasteiger partial charge is 0.461 e. The van der Waals surface area contributed by atoms with Gasteiger partial charge in [0.2, 0.25) is 5.01 Å². The van der Waals surface area contributed by atoms with Crippen LogP contribution < -0.4 is 0 Å². The van der Waals surface area contributed by atoms with Gasteiger partial charge in [0.25, 0.3) is 0 Å². The standard InChI is InChI=1S/C10H15NO3S2/c1-3-14-10(13)9-11-8(6-16-9)5-15-7(2)4-12/h6-7,12H,3-5H2,1-2H3. The normalized spacial score (nSPS) is 12.4. The van der Waals surface area contributed by atoms with E-state index in [2.05, 4.69) is 4.98 Å². The number of aromatic nitrogens is 1. The maximum absolute atomic E-state index is 11.3. The third kappa shape index (κ3) is 4.11. The van der Waals surface area contributed by atoms with Gasteiger partial charge in [-0.05, 0) is 6.92 Å². The number of carbonyl (C=O) groups excluding carboxylic acids is 1. The van der Waals surface area contributed by atoms with Gasteiger partial charge in [-0.25, -0.2) is 9.78 Å². The first kappa shape index (κ1) is 13.5. The lowest BCUT2D eigenvalue weighted by Gasteiger charge is -2.04. The molecule has 1 heterocycles. The number of carbonyl (C=O) groups is 1. The molecule has 1 N–H and O–H groups in total. The van der Waals surface area contributed by atoms with Crippen LogP contribution in [0.2, 0.25) is 0 Å². The van der Waals surface area contributed by atoms with Crippen LogP contribution in [-0.4, -0.2) is 34.5 Å². The number of rotatable bonds is 6. The average Bonchev–Trinajstić information content (AvgIpc) is 2.75. The summed E-state index contributed by atoms with van der Waals surface area (Å²) in [5.41, 5.74) is 0.860. The van der Waals surface area contributed by atoms with Crippen molar-refractivity contribution in [2.75, 3.05) is 13.2 Å². The summed E-state index contributed by atoms with van der Waals surface area (Å²) in [5.74, 6) is 0.344. The fourth-order valence-electron chi connectivity index (χ4n) is 0.940. The van der Waals surface area contributed by atoms with Crippen molar-refractivity contribution in [1.29, 1.82) is 0 Å². The second-order valence-electron chi connectivity index (χ2n) is 3.17. The fourth-order valence-corrected chi connectivity index (χ4v) is 2.46. The van der Waals surface area contributed by atoms with Gasteiger partial charge >= 0.3 is 5.97 Å². The highest BCUT2D eigenvalue weighted by molar-refractivity contribution is 7.99. The van der Waals surface area contributed by atoms with Crippen molar-refractivity contribution in [1.82, 2.24) is 4.98 Å². The molecule has 1 rings (SSSR count). The lowest BCUT2D eigenvalue weighted by atomic mass is 10.5. The van der Waals surface area contributed by atoms with E-state index in [1.54, 1.807) is 18.7 Å². The molecule has 0 amide bonds. The number of ether oxygens (including phenoxy) is 1. The van der Waals surface area contributed by atoms with Crippen molar-refractivity contribution >= 4 is 29.1 Å². The molecule has 1 unspecified atom stereocenters. The summed E-state index contributed by atoms with van der Waals surface area (Å²) in [7, 11) is 0. The minimum absolute atomic E-state index is 0.152. The van der Waals surface area contributed by atoms with Crippen LogP contribution in [0, 0.1) is 0 Å². The molecular weight excluding hydrogens is 246 g/mol. The van der Waals surface area contributed by atoms with E-state index < -0.39 is 0 Å². The van der Waals surface area contributed by atoms with E-state index in [0.29, 0.717) is 17.4 Å². The number of esters is 1. The zero-order valence-electron chi connectivity index (χ0n) is 9.30. The molecule has 6 heteroatoms. The predicted molar refractivity (Wildman–Crippen MR) is 65.9 cm³/mol. The summed E-state index contributed by atoms with van der Waals surface area (Å²) in [5, 5.41) is 11.3. The zero-order chi connectivity index (χ0) is 12.0. The van der Waals surface area contributed by atoms with Crippen LogP contribution in [0.15, 0.2) is 5.38 Å². The highest BCUT2D eigenvalue weighted by Gasteiger charge is 2.12. The highest BCUT2D eigenvalue weighted by Crippen LogP contribution is 2.19. The summed E-state index contributed by atoms with van der Waals surface area (Å²) < 4.78 is 4.85. The fraction of sp³-hybridized carbons (Fsp3) is 0.600. The maximum atomic E-state index is 11.3. The molecule has 1 atom stereocenters. The summed E-state index contributed by atoms with van der Waals surface area (Å²) in [6, 6.07) is 0. The predicted octanol–water partition coefficient (Wildman–Crippen LogP) is 1.93. The van der Waals surface area contributed by atoms with E-state index in [1.165, 1.54) is 11.3 Å². The number of hydrogen-bond donors (Lipinski definition) is 1. The number of thiazole rings is 1. The van der Waals surface area contributed by atoms with Crippen LogP contribution in [0.5, 0.6) is 0 Å². The number of aliphatic hydroxyl groups excluding tert-OH is 1. The Hall–Kier alpha value is -0.590. The summed E-state index contributed by atoms with van der Waals surface area (Å²) in [6.07, 6.45) is 0. The highest BCUT2D eigenvalue weighted by atomic mass is 32.2. The Morgan fingerprint density at radius 3 is 3.12 bits per heavy atom. The van der Waals surface area contributed by atoms with Crippen molar-refractivity contribution in [2.24, 2.45) is 0 Å². The Balaban J connectivity index is 2.48. The molecule has 0 radical (unpaired) electrons. The first-order chi connectivity index (χ1) is 7.67. The monoisotopic (exact) mass is 261 g/mol. The van der Waals surface area contributed by atoms with Crippen molar-refractivity contribution < 1.29 is 14.6 Å². The Kier molecular flexibility index (Phi) is 5.79. The van der Waals surface area contributed by atoms with Gasteiger partial charge in [0, 0.05) is 16.4 Å². The quantitative estimate of drug-likeness (QED) is 0.793. The molecule has 0 bridgehead atoms. The number of nitrogens with zero attached hydrogens (tertiary/aromatic N) is 1. The van der Waals surface area contributed by atoms with Crippen molar-refractivity contribution in [3.63, 3.8) is 0 Å². The smallest absolute Gasteiger partial charge is 0.367 e. The van der Waals surface area contributed by atoms with Crippen LogP contribution >= 0.6 is 23.1 Å². The van der Waals surface area contributed by atoms with Crippen LogP contribution in [0.4, 0.5) is 0 Å². The van der Waals surface area contributed by atoms with Gasteiger partial charge in [-0.2, -0.15) is 11.8 Å². The molecule has 0 aromatic carbocycles. The van der Waals surface area contributed by atoms with Gasteiger partial charge < -0.3 is 9.84 Å². The first-order valence-corrected chi connectivity index (χ1v) is 6.94. The van der Waals surface area contributed by atoms with Crippen LogP contribution in [0.1, 0.15) is 29.3 Å². The molecule has 0 saturated heterocycles. The van der Waals surface area contributed by atoms with Gasteiger partial charge in [-0.15, -0.1) is 11.3 Å². The summed E-state index contributed by atoms with van der Waals surface area (Å²) >= 11 is 2.91. The number of thioether (sulfide) groups is 1. The van der Waals surface area contributed by atoms with Crippen LogP contribution in [0.25, 0.3) is 0 Å². The van der Waals surface area contributed by atoms with Crippen LogP contribution in [0.3, 0.4) is 0 Å². The molecule has 0 aliphatic heterocycles. The van der Waals surface area contributed by atoms with E-state index in [-0.39, 0.29) is 17.8 Å². The molecule has 16 heavy (non-hydrogen) atoms. The molecule has 4 nitrogen and oxygen atoms in total. The second-order valence-corrected chi connectivity index (χ2v) is 5.45. The molecule has 90 valence electrons. The Bertz CT molecular complexity index is 341. The summed E-state index contributed by atoms with van der Waals surface area (Å²) in [4.78, 5) is 15.5. The molecule has 0 aliphatic rings. The molecule has 0 spiro atoms. The zero-order valence-corrected chi connectivity index (χ0v) is 10.9. The SMILES string of the molecule is CCOC(=O)c1nc(CSC(C)CO)cs1. The lowest BCUT2D eigenvalue weighted by molar-refractivity contribution is 0.0525. The lowest BCUT2D eigenvalue weighted by Crippen LogP contribution is -2.05. The van der Waals surface area contributed by atoms with Gasteiger partial charge in [0.15, 0.2) is 0 Å². The summed E-state index contributed by atoms with van der Waals surface area (Å²) in [6.45, 7) is 4.23. The molecule has 0 fully saturated rings. The Morgan fingerprint density at radius 1 is 1.75 bits per heavy atom. The van der Waals surface area contributed by atoms with Crippen molar-refractivity contribution in [3.05, 3.63) is 16.1 Å². The Morgan fingerprint density at radius 2 is 2.50 bits per heavy atom. The minimum atomic E-state index is -0.362. The third-order valence-corrected chi connectivity index (χ3v) is 3.83. The molecule has 0 aliphatic carbocycles. The minimum Gasteiger partial charge on any atom is -0.461 e. The molecule has 0 saturated carbocycles. The van der Waals surface area contributed by atoms with E-state index in [4.69, 9.17) is 9.84 Å². The van der Waals surface area contributed by atoms with Crippen molar-refractivity contribution in [3.8, 4) is 0 Å². The van der Waals surface area contributed by atoms with Gasteiger partial charge in [-0.3, -0.25) is 0 Å². The number of aliphatic hydroxyl groups is 1. The van der Waals surface area contributed by atoms with E-state index >= 15 is 0 Å². The third-order valence-electron chi connectivity index (χ3n) is 1.77. The average molecular weight is 261 g/mol.